The molecule has 0 saturated carbocycles. The topological polar surface area (TPSA) is 50.8 Å². The molecule has 0 aromatic carbocycles. The first-order valence-electron chi connectivity index (χ1n) is 7.18. The zero-order valence-corrected chi connectivity index (χ0v) is 12.7. The Labute approximate surface area is 116 Å². The highest BCUT2D eigenvalue weighted by Crippen LogP contribution is 2.15. The molecule has 1 aliphatic rings. The predicted octanol–water partition coefficient (Wildman–Crippen LogP) is 1.03. The Hall–Kier alpha value is -0.650. The van der Waals surface area contributed by atoms with E-state index in [0.717, 1.165) is 26.0 Å². The fourth-order valence-corrected chi connectivity index (χ4v) is 2.44. The van der Waals surface area contributed by atoms with Crippen molar-refractivity contribution in [3.63, 3.8) is 0 Å². The van der Waals surface area contributed by atoms with Crippen molar-refractivity contribution in [3.8, 4) is 0 Å². The molecule has 0 aromatic rings. The number of nitrogens with zero attached hydrogens (tertiary/aromatic N) is 1. The van der Waals surface area contributed by atoms with Crippen molar-refractivity contribution in [2.24, 2.45) is 0 Å². The molecule has 5 heteroatoms. The van der Waals surface area contributed by atoms with Gasteiger partial charge in [-0.2, -0.15) is 0 Å². The lowest BCUT2D eigenvalue weighted by Gasteiger charge is -2.34. The van der Waals surface area contributed by atoms with Gasteiger partial charge in [0.1, 0.15) is 5.54 Å². The molecule has 2 unspecified atom stereocenters. The van der Waals surface area contributed by atoms with Crippen LogP contribution in [0.4, 0.5) is 0 Å². The Balaban J connectivity index is 2.46. The van der Waals surface area contributed by atoms with Crippen LogP contribution in [0.25, 0.3) is 0 Å². The summed E-state index contributed by atoms with van der Waals surface area (Å²) in [4.78, 5) is 14.1. The summed E-state index contributed by atoms with van der Waals surface area (Å²) in [7, 11) is 3.81. The summed E-state index contributed by atoms with van der Waals surface area (Å²) in [6.45, 7) is 6.45. The third-order valence-corrected chi connectivity index (χ3v) is 3.65. The molecule has 0 amide bonds. The van der Waals surface area contributed by atoms with E-state index in [9.17, 15) is 4.79 Å². The summed E-state index contributed by atoms with van der Waals surface area (Å²) < 4.78 is 10.9. The molecule has 1 N–H and O–H groups in total. The van der Waals surface area contributed by atoms with Crippen molar-refractivity contribution in [3.05, 3.63) is 0 Å². The summed E-state index contributed by atoms with van der Waals surface area (Å²) >= 11 is 0. The summed E-state index contributed by atoms with van der Waals surface area (Å²) in [5.74, 6) is -0.200. The minimum absolute atomic E-state index is 0.200. The molecule has 0 bridgehead atoms. The molecule has 2 atom stereocenters. The van der Waals surface area contributed by atoms with Crippen molar-refractivity contribution in [2.45, 2.75) is 44.8 Å². The van der Waals surface area contributed by atoms with Gasteiger partial charge in [-0.15, -0.1) is 0 Å². The SMILES string of the molecule is CCOC(=O)C(C)(CN(C)CC1CCCCO1)NC. The van der Waals surface area contributed by atoms with Crippen LogP contribution in [-0.4, -0.2) is 62.9 Å². The molecule has 1 aliphatic heterocycles. The molecule has 1 fully saturated rings. The lowest BCUT2D eigenvalue weighted by atomic mass is 10.0. The van der Waals surface area contributed by atoms with Crippen LogP contribution in [-0.2, 0) is 14.3 Å². The average molecular weight is 272 g/mol. The summed E-state index contributed by atoms with van der Waals surface area (Å²) in [5, 5.41) is 3.07. The van der Waals surface area contributed by atoms with Crippen molar-refractivity contribution in [1.82, 2.24) is 10.2 Å². The van der Waals surface area contributed by atoms with Crippen molar-refractivity contribution in [2.75, 3.05) is 40.4 Å². The van der Waals surface area contributed by atoms with Gasteiger partial charge < -0.3 is 19.7 Å². The molecule has 19 heavy (non-hydrogen) atoms. The van der Waals surface area contributed by atoms with Gasteiger partial charge in [-0.3, -0.25) is 4.79 Å². The minimum Gasteiger partial charge on any atom is -0.465 e. The summed E-state index contributed by atoms with van der Waals surface area (Å²) in [6, 6.07) is 0. The summed E-state index contributed by atoms with van der Waals surface area (Å²) in [6.07, 6.45) is 3.80. The Kier molecular flexibility index (Phi) is 6.75. The molecular weight excluding hydrogens is 244 g/mol. The van der Waals surface area contributed by atoms with Gasteiger partial charge in [0.05, 0.1) is 12.7 Å². The molecule has 5 nitrogen and oxygen atoms in total. The van der Waals surface area contributed by atoms with Crippen LogP contribution in [0.2, 0.25) is 0 Å². The van der Waals surface area contributed by atoms with E-state index >= 15 is 0 Å². The predicted molar refractivity (Wildman–Crippen MR) is 75.2 cm³/mol. The zero-order chi connectivity index (χ0) is 14.3. The van der Waals surface area contributed by atoms with Crippen LogP contribution >= 0.6 is 0 Å². The molecule has 112 valence electrons. The first-order valence-corrected chi connectivity index (χ1v) is 7.18. The van der Waals surface area contributed by atoms with E-state index in [-0.39, 0.29) is 5.97 Å². The second-order valence-electron chi connectivity index (χ2n) is 5.49. The molecule has 0 spiro atoms. The first kappa shape index (κ1) is 16.4. The van der Waals surface area contributed by atoms with Gasteiger partial charge in [0, 0.05) is 19.7 Å². The highest BCUT2D eigenvalue weighted by atomic mass is 16.5. The monoisotopic (exact) mass is 272 g/mol. The molecule has 0 aliphatic carbocycles. The molecule has 1 saturated heterocycles. The van der Waals surface area contributed by atoms with E-state index in [1.165, 1.54) is 6.42 Å². The summed E-state index contributed by atoms with van der Waals surface area (Å²) in [5.41, 5.74) is -0.667. The molecule has 1 heterocycles. The van der Waals surface area contributed by atoms with Gasteiger partial charge in [0.25, 0.3) is 0 Å². The van der Waals surface area contributed by atoms with Crippen molar-refractivity contribution >= 4 is 5.97 Å². The maximum Gasteiger partial charge on any atom is 0.327 e. The maximum atomic E-state index is 12.0. The second kappa shape index (κ2) is 7.82. The third-order valence-electron chi connectivity index (χ3n) is 3.65. The molecular formula is C14H28N2O3. The van der Waals surface area contributed by atoms with E-state index < -0.39 is 5.54 Å². The fraction of sp³-hybridized carbons (Fsp3) is 0.929. The lowest BCUT2D eigenvalue weighted by molar-refractivity contribution is -0.151. The van der Waals surface area contributed by atoms with E-state index in [2.05, 4.69) is 10.2 Å². The minimum atomic E-state index is -0.667. The number of ether oxygens (including phenoxy) is 2. The largest absolute Gasteiger partial charge is 0.465 e. The average Bonchev–Trinajstić information content (AvgIpc) is 2.39. The zero-order valence-electron chi connectivity index (χ0n) is 12.7. The Bertz CT molecular complexity index is 280. The molecule has 0 aromatic heterocycles. The lowest BCUT2D eigenvalue weighted by Crippen LogP contribution is -2.56. The van der Waals surface area contributed by atoms with Crippen LogP contribution in [0.1, 0.15) is 33.1 Å². The van der Waals surface area contributed by atoms with Gasteiger partial charge in [0.15, 0.2) is 0 Å². The fourth-order valence-electron chi connectivity index (χ4n) is 2.44. The van der Waals surface area contributed by atoms with Gasteiger partial charge in [-0.1, -0.05) is 0 Å². The van der Waals surface area contributed by atoms with E-state index in [0.29, 0.717) is 19.3 Å². The van der Waals surface area contributed by atoms with Crippen LogP contribution in [0.3, 0.4) is 0 Å². The van der Waals surface area contributed by atoms with Crippen LogP contribution in [0, 0.1) is 0 Å². The smallest absolute Gasteiger partial charge is 0.327 e. The number of likely N-dealkylation sites (N-methyl/N-ethyl adjacent to an activating group) is 2. The van der Waals surface area contributed by atoms with E-state index in [1.54, 1.807) is 7.05 Å². The van der Waals surface area contributed by atoms with Gasteiger partial charge >= 0.3 is 5.97 Å². The normalized spacial score (nSPS) is 23.1. The van der Waals surface area contributed by atoms with Crippen molar-refractivity contribution < 1.29 is 14.3 Å². The first-order chi connectivity index (χ1) is 9.01. The van der Waals surface area contributed by atoms with E-state index in [1.807, 2.05) is 20.9 Å². The number of hydrogen-bond acceptors (Lipinski definition) is 5. The number of rotatable bonds is 7. The van der Waals surface area contributed by atoms with Crippen LogP contribution < -0.4 is 5.32 Å². The van der Waals surface area contributed by atoms with Crippen molar-refractivity contribution in [1.29, 1.82) is 0 Å². The quantitative estimate of drug-likeness (QED) is 0.702. The number of nitrogens with one attached hydrogen (secondary N) is 1. The third kappa shape index (κ3) is 5.09. The Morgan fingerprint density at radius 1 is 1.53 bits per heavy atom. The molecule has 1 rings (SSSR count). The standard InChI is InChI=1S/C14H28N2O3/c1-5-18-13(17)14(2,15-3)11-16(4)10-12-8-6-7-9-19-12/h12,15H,5-11H2,1-4H3. The number of esters is 1. The van der Waals surface area contributed by atoms with Gasteiger partial charge in [-0.05, 0) is 47.2 Å². The molecule has 0 radical (unpaired) electrons. The second-order valence-corrected chi connectivity index (χ2v) is 5.49. The van der Waals surface area contributed by atoms with Crippen LogP contribution in [0.5, 0.6) is 0 Å². The van der Waals surface area contributed by atoms with E-state index in [4.69, 9.17) is 9.47 Å². The highest BCUT2D eigenvalue weighted by Gasteiger charge is 2.34. The number of carbonyl (C=O) groups excluding carboxylic acids is 1. The Morgan fingerprint density at radius 2 is 2.26 bits per heavy atom. The number of carbonyl (C=O) groups is 1. The highest BCUT2D eigenvalue weighted by molar-refractivity contribution is 5.80. The maximum absolute atomic E-state index is 12.0. The van der Waals surface area contributed by atoms with Gasteiger partial charge in [-0.25, -0.2) is 0 Å². The Morgan fingerprint density at radius 3 is 2.79 bits per heavy atom. The van der Waals surface area contributed by atoms with Crippen LogP contribution in [0.15, 0.2) is 0 Å². The number of hydrogen-bond donors (Lipinski definition) is 1. The van der Waals surface area contributed by atoms with Gasteiger partial charge in [0.2, 0.25) is 0 Å².